The predicted molar refractivity (Wildman–Crippen MR) is 173 cm³/mol. The molecule has 0 bridgehead atoms. The zero-order valence-corrected chi connectivity index (χ0v) is 28.4. The van der Waals surface area contributed by atoms with Crippen molar-refractivity contribution in [3.63, 3.8) is 0 Å². The smallest absolute Gasteiger partial charge is 0.146 e. The van der Waals surface area contributed by atoms with Crippen molar-refractivity contribution in [2.24, 2.45) is 0 Å². The van der Waals surface area contributed by atoms with Crippen LogP contribution in [0.4, 0.5) is 0 Å². The van der Waals surface area contributed by atoms with Gasteiger partial charge in [-0.3, -0.25) is 0 Å². The molecule has 226 valence electrons. The van der Waals surface area contributed by atoms with Gasteiger partial charge in [-0.05, 0) is 19.3 Å². The topological polar surface area (TPSA) is 0 Å². The van der Waals surface area contributed by atoms with E-state index in [1.54, 1.807) is 64.0 Å². The molecule has 0 heterocycles. The maximum atomic E-state index is 2.67. The van der Waals surface area contributed by atoms with Crippen molar-refractivity contribution in [1.82, 2.24) is 0 Å². The molecule has 1 nitrogen and oxygen atoms in total. The molecule has 0 saturated heterocycles. The highest BCUT2D eigenvalue weighted by Crippen LogP contribution is 2.45. The van der Waals surface area contributed by atoms with Gasteiger partial charge < -0.3 is 21.5 Å². The van der Waals surface area contributed by atoms with E-state index in [0.717, 1.165) is 36.7 Å². The first kappa shape index (κ1) is 34.1. The Bertz CT molecular complexity index is 524. The lowest BCUT2D eigenvalue weighted by molar-refractivity contribution is -0.909. The molecule has 0 aliphatic heterocycles. The van der Waals surface area contributed by atoms with Crippen molar-refractivity contribution in [2.75, 3.05) is 26.7 Å². The molecule has 0 aromatic rings. The van der Waals surface area contributed by atoms with Crippen LogP contribution in [0.3, 0.4) is 0 Å². The van der Waals surface area contributed by atoms with Crippen molar-refractivity contribution in [3.8, 4) is 0 Å². The zero-order valence-electron chi connectivity index (χ0n) is 26.8. The van der Waals surface area contributed by atoms with Gasteiger partial charge in [0, 0.05) is 0 Å². The molecule has 0 spiro atoms. The first-order valence-corrected chi connectivity index (χ1v) is 18.5. The summed E-state index contributed by atoms with van der Waals surface area (Å²) in [4.78, 5) is 0. The Kier molecular flexibility index (Phi) is 16.6. The van der Waals surface area contributed by atoms with E-state index < -0.39 is 0 Å². The Labute approximate surface area is 257 Å². The molecule has 0 unspecified atom stereocenters. The second-order valence-corrected chi connectivity index (χ2v) is 15.3. The van der Waals surface area contributed by atoms with Gasteiger partial charge in [0.2, 0.25) is 0 Å². The zero-order chi connectivity index (χ0) is 26.5. The van der Waals surface area contributed by atoms with Gasteiger partial charge in [0.1, 0.15) is 13.4 Å². The molecule has 4 aliphatic rings. The van der Waals surface area contributed by atoms with Crippen molar-refractivity contribution in [2.45, 2.75) is 197 Å². The molecular formula is C35H68B2BrN. The molecule has 0 amide bonds. The van der Waals surface area contributed by atoms with Gasteiger partial charge in [0.15, 0.2) is 0 Å². The number of hydrogen-bond acceptors (Lipinski definition) is 0. The Hall–Kier alpha value is 0.570. The normalized spacial score (nSPS) is 22.9. The van der Waals surface area contributed by atoms with Gasteiger partial charge in [-0.2, -0.15) is 0 Å². The lowest BCUT2D eigenvalue weighted by Gasteiger charge is -2.39. The van der Waals surface area contributed by atoms with E-state index >= 15 is 0 Å². The van der Waals surface area contributed by atoms with Crippen LogP contribution in [0.5, 0.6) is 0 Å². The fraction of sp³-hybridized carbons (Fsp3) is 1.00. The van der Waals surface area contributed by atoms with Crippen molar-refractivity contribution < 1.29 is 21.5 Å². The summed E-state index contributed by atoms with van der Waals surface area (Å²) in [6.07, 6.45) is 39.7. The lowest BCUT2D eigenvalue weighted by Crippen LogP contribution is -3.00. The van der Waals surface area contributed by atoms with Gasteiger partial charge in [-0.15, -0.1) is 0 Å². The van der Waals surface area contributed by atoms with Crippen molar-refractivity contribution in [3.05, 3.63) is 0 Å². The second-order valence-electron chi connectivity index (χ2n) is 15.3. The molecular weight excluding hydrogens is 536 g/mol. The van der Waals surface area contributed by atoms with Crippen LogP contribution in [0.25, 0.3) is 0 Å². The van der Waals surface area contributed by atoms with Gasteiger partial charge in [0.05, 0.1) is 26.7 Å². The van der Waals surface area contributed by atoms with E-state index in [9.17, 15) is 0 Å². The third-order valence-corrected chi connectivity index (χ3v) is 12.5. The first-order chi connectivity index (χ1) is 18.7. The number of rotatable bonds is 15. The molecule has 4 saturated carbocycles. The van der Waals surface area contributed by atoms with Crippen LogP contribution in [-0.4, -0.2) is 44.6 Å². The van der Waals surface area contributed by atoms with Gasteiger partial charge in [-0.25, -0.2) is 0 Å². The minimum atomic E-state index is 0. The summed E-state index contributed by atoms with van der Waals surface area (Å²) in [6.45, 7) is 8.91. The summed E-state index contributed by atoms with van der Waals surface area (Å²) in [6, 6.07) is 0. The molecule has 0 radical (unpaired) electrons. The summed E-state index contributed by atoms with van der Waals surface area (Å²) in [7, 11) is 2.67. The Morgan fingerprint density at radius 1 is 0.462 bits per heavy atom. The molecule has 0 aromatic heterocycles. The highest BCUT2D eigenvalue weighted by molar-refractivity contribution is 6.62. The summed E-state index contributed by atoms with van der Waals surface area (Å²) < 4.78 is 1.39. The van der Waals surface area contributed by atoms with E-state index in [0.29, 0.717) is 0 Å². The summed E-state index contributed by atoms with van der Waals surface area (Å²) in [5.41, 5.74) is 0. The van der Waals surface area contributed by atoms with Crippen molar-refractivity contribution >= 4 is 13.4 Å². The molecule has 0 atom stereocenters. The van der Waals surface area contributed by atoms with Crippen molar-refractivity contribution in [1.29, 1.82) is 0 Å². The summed E-state index contributed by atoms with van der Waals surface area (Å²) in [5, 5.41) is 0. The second kappa shape index (κ2) is 19.0. The molecule has 4 fully saturated rings. The molecule has 4 heteroatoms. The largest absolute Gasteiger partial charge is 1.00 e. The average molecular weight is 604 g/mol. The van der Waals surface area contributed by atoms with E-state index in [2.05, 4.69) is 14.0 Å². The van der Waals surface area contributed by atoms with E-state index in [4.69, 9.17) is 0 Å². The molecule has 0 N–H and O–H groups in total. The van der Waals surface area contributed by atoms with Gasteiger partial charge >= 0.3 is 0 Å². The number of unbranched alkanes of at least 4 members (excludes halogenated alkanes) is 1. The fourth-order valence-electron chi connectivity index (χ4n) is 10.3. The predicted octanol–water partition coefficient (Wildman–Crippen LogP) is 8.34. The van der Waals surface area contributed by atoms with Gasteiger partial charge in [-0.1, -0.05) is 178 Å². The fourth-order valence-corrected chi connectivity index (χ4v) is 10.3. The maximum absolute atomic E-state index is 2.67. The third-order valence-electron chi connectivity index (χ3n) is 12.5. The highest BCUT2D eigenvalue weighted by atomic mass is 79.9. The molecule has 4 rings (SSSR count). The standard InChI is InChI=1S/C35H68B2N.BrH/c1-3-4-29-38(2,30-17-27-36(32-19-9-5-10-20-32)33-21-11-6-12-22-33)31-18-28-37(34-23-13-7-14-24-34)35-25-15-8-16-26-35;/h32-35H,3-31H2,1-2H3;1H/q+1;/p-1. The molecule has 4 aliphatic carbocycles. The minimum Gasteiger partial charge on any atom is -1.00 e. The van der Waals surface area contributed by atoms with E-state index in [1.807, 2.05) is 0 Å². The summed E-state index contributed by atoms with van der Waals surface area (Å²) >= 11 is 0. The van der Waals surface area contributed by atoms with Crippen LogP contribution in [-0.2, 0) is 0 Å². The highest BCUT2D eigenvalue weighted by Gasteiger charge is 2.36. The number of quaternary nitrogens is 1. The summed E-state index contributed by atoms with van der Waals surface area (Å²) in [5.74, 6) is 4.31. The SMILES string of the molecule is CCCC[N+](C)(CCCB(C1CCCCC1)C1CCCCC1)CCCB(C1CCCCC1)C1CCCCC1.[Br-]. The van der Waals surface area contributed by atoms with Crippen LogP contribution in [0, 0.1) is 0 Å². The van der Waals surface area contributed by atoms with Crippen LogP contribution in [0.1, 0.15) is 161 Å². The molecule has 0 aromatic carbocycles. The Morgan fingerprint density at radius 2 is 0.744 bits per heavy atom. The quantitative estimate of drug-likeness (QED) is 0.130. The Morgan fingerprint density at radius 3 is 1.03 bits per heavy atom. The van der Waals surface area contributed by atoms with Crippen LogP contribution in [0.15, 0.2) is 0 Å². The molecule has 39 heavy (non-hydrogen) atoms. The number of nitrogens with zero attached hydrogens (tertiary/aromatic N) is 1. The number of hydrogen-bond donors (Lipinski definition) is 0. The third kappa shape index (κ3) is 11.3. The van der Waals surface area contributed by atoms with E-state index in [-0.39, 0.29) is 17.0 Å². The average Bonchev–Trinajstić information content (AvgIpc) is 2.98. The monoisotopic (exact) mass is 603 g/mol. The van der Waals surface area contributed by atoms with Crippen LogP contribution >= 0.6 is 0 Å². The van der Waals surface area contributed by atoms with E-state index in [1.165, 1.54) is 127 Å². The lowest BCUT2D eigenvalue weighted by atomic mass is 9.28. The Balaban J connectivity index is 0.00000420. The van der Waals surface area contributed by atoms with Crippen LogP contribution < -0.4 is 17.0 Å². The minimum absolute atomic E-state index is 0. The van der Waals surface area contributed by atoms with Gasteiger partial charge in [0.25, 0.3) is 0 Å². The number of halogens is 1. The van der Waals surface area contributed by atoms with Crippen LogP contribution in [0.2, 0.25) is 35.9 Å². The first-order valence-electron chi connectivity index (χ1n) is 18.5. The maximum Gasteiger partial charge on any atom is 0.146 e.